The number of halogens is 5. The van der Waals surface area contributed by atoms with E-state index in [-0.39, 0.29) is 36.5 Å². The summed E-state index contributed by atoms with van der Waals surface area (Å²) in [5, 5.41) is 0. The molecule has 2 N–H and O–H groups in total. The van der Waals surface area contributed by atoms with E-state index in [1.54, 1.807) is 0 Å². The number of benzene rings is 1. The largest absolute Gasteiger partial charge is 0.416 e. The maximum atomic E-state index is 13.0. The lowest BCUT2D eigenvalue weighted by Crippen LogP contribution is -2.28. The molecule has 1 aliphatic heterocycles. The number of alkyl halides is 3. The molecule has 1 saturated heterocycles. The fourth-order valence-corrected chi connectivity index (χ4v) is 2.42. The van der Waals surface area contributed by atoms with Crippen LogP contribution in [0.4, 0.5) is 17.6 Å². The zero-order chi connectivity index (χ0) is 14.2. The van der Waals surface area contributed by atoms with Gasteiger partial charge in [0.25, 0.3) is 0 Å². The molecule has 0 aromatic heterocycles. The zero-order valence-corrected chi connectivity index (χ0v) is 11.8. The van der Waals surface area contributed by atoms with Gasteiger partial charge in [-0.15, -0.1) is 12.4 Å². The van der Waals surface area contributed by atoms with Crippen LogP contribution < -0.4 is 5.73 Å². The van der Waals surface area contributed by atoms with Gasteiger partial charge in [0, 0.05) is 25.7 Å². The summed E-state index contributed by atoms with van der Waals surface area (Å²) in [4.78, 5) is 1.87. The van der Waals surface area contributed by atoms with Crippen LogP contribution in [0.15, 0.2) is 18.2 Å². The van der Waals surface area contributed by atoms with Gasteiger partial charge < -0.3 is 5.73 Å². The topological polar surface area (TPSA) is 29.3 Å². The van der Waals surface area contributed by atoms with Crippen molar-refractivity contribution in [1.29, 1.82) is 0 Å². The highest BCUT2D eigenvalue weighted by Gasteiger charge is 2.35. The number of nitrogens with zero attached hydrogens (tertiary/aromatic N) is 1. The molecule has 0 aliphatic carbocycles. The second-order valence-corrected chi connectivity index (χ2v) is 5.13. The summed E-state index contributed by atoms with van der Waals surface area (Å²) in [6, 6.07) is 2.79. The molecule has 1 aromatic rings. The Morgan fingerprint density at radius 2 is 1.95 bits per heavy atom. The molecular weight excluding hydrogens is 296 g/mol. The van der Waals surface area contributed by atoms with E-state index >= 15 is 0 Å². The highest BCUT2D eigenvalue weighted by atomic mass is 35.5. The van der Waals surface area contributed by atoms with E-state index < -0.39 is 17.6 Å². The molecule has 0 saturated carbocycles. The molecule has 114 valence electrons. The summed E-state index contributed by atoms with van der Waals surface area (Å²) in [5.41, 5.74) is 5.04. The molecule has 0 amide bonds. The Morgan fingerprint density at radius 3 is 2.45 bits per heavy atom. The second-order valence-electron chi connectivity index (χ2n) is 5.13. The summed E-state index contributed by atoms with van der Waals surface area (Å²) in [6.07, 6.45) is -4.54. The van der Waals surface area contributed by atoms with Crippen molar-refractivity contribution < 1.29 is 17.6 Å². The predicted molar refractivity (Wildman–Crippen MR) is 71.1 cm³/mol. The van der Waals surface area contributed by atoms with Gasteiger partial charge >= 0.3 is 6.18 Å². The first-order chi connectivity index (χ1) is 8.77. The Bertz CT molecular complexity index is 454. The minimum Gasteiger partial charge on any atom is -0.326 e. The fraction of sp³-hybridized carbons (Fsp3) is 0.538. The standard InChI is InChI=1S/C13H16F4N2.ClH/c1-8-5-19(7-12(8)18)6-9-2-3-10(14)4-11(9)13(15,16)17;/h2-4,8,12H,5-7,18H2,1H3;1H. The Kier molecular flexibility index (Phi) is 5.40. The smallest absolute Gasteiger partial charge is 0.326 e. The van der Waals surface area contributed by atoms with Crippen molar-refractivity contribution in [3.05, 3.63) is 35.1 Å². The van der Waals surface area contributed by atoms with Gasteiger partial charge in [0.2, 0.25) is 0 Å². The van der Waals surface area contributed by atoms with E-state index in [9.17, 15) is 17.6 Å². The monoisotopic (exact) mass is 312 g/mol. The average Bonchev–Trinajstić information content (AvgIpc) is 2.59. The summed E-state index contributed by atoms with van der Waals surface area (Å²) in [7, 11) is 0. The van der Waals surface area contributed by atoms with Crippen LogP contribution >= 0.6 is 12.4 Å². The van der Waals surface area contributed by atoms with Gasteiger partial charge in [-0.25, -0.2) is 4.39 Å². The van der Waals surface area contributed by atoms with Crippen LogP contribution in [-0.2, 0) is 12.7 Å². The van der Waals surface area contributed by atoms with Crippen molar-refractivity contribution in [2.75, 3.05) is 13.1 Å². The van der Waals surface area contributed by atoms with E-state index in [1.165, 1.54) is 6.07 Å². The number of nitrogens with two attached hydrogens (primary N) is 1. The van der Waals surface area contributed by atoms with Gasteiger partial charge in [-0.05, 0) is 23.6 Å². The normalized spacial score (nSPS) is 23.7. The van der Waals surface area contributed by atoms with Crippen LogP contribution in [0.2, 0.25) is 0 Å². The Labute approximate surface area is 121 Å². The molecule has 20 heavy (non-hydrogen) atoms. The van der Waals surface area contributed by atoms with E-state index in [2.05, 4.69) is 0 Å². The maximum Gasteiger partial charge on any atom is 0.416 e. The molecule has 0 spiro atoms. The molecule has 2 nitrogen and oxygen atoms in total. The van der Waals surface area contributed by atoms with Crippen LogP contribution in [0.1, 0.15) is 18.1 Å². The predicted octanol–water partition coefficient (Wildman–Crippen LogP) is 3.05. The van der Waals surface area contributed by atoms with Crippen molar-refractivity contribution in [1.82, 2.24) is 4.90 Å². The number of hydrogen-bond donors (Lipinski definition) is 1. The van der Waals surface area contributed by atoms with Gasteiger partial charge in [0.1, 0.15) is 5.82 Å². The molecular formula is C13H17ClF4N2. The van der Waals surface area contributed by atoms with E-state index in [4.69, 9.17) is 5.73 Å². The SMILES string of the molecule is CC1CN(Cc2ccc(F)cc2C(F)(F)F)CC1N.Cl. The summed E-state index contributed by atoms with van der Waals surface area (Å²) in [5.74, 6) is -0.614. The maximum absolute atomic E-state index is 13.0. The minimum atomic E-state index is -4.54. The van der Waals surface area contributed by atoms with Crippen molar-refractivity contribution in [2.24, 2.45) is 11.7 Å². The third kappa shape index (κ3) is 3.84. The lowest BCUT2D eigenvalue weighted by atomic mass is 10.1. The Morgan fingerprint density at radius 1 is 1.30 bits per heavy atom. The molecule has 7 heteroatoms. The molecule has 2 rings (SSSR count). The lowest BCUT2D eigenvalue weighted by Gasteiger charge is -2.19. The Hall–Kier alpha value is -0.850. The molecule has 0 radical (unpaired) electrons. The van der Waals surface area contributed by atoms with Gasteiger partial charge in [0.15, 0.2) is 0 Å². The van der Waals surface area contributed by atoms with E-state index in [0.717, 1.165) is 6.07 Å². The third-order valence-corrected chi connectivity index (χ3v) is 3.52. The second kappa shape index (κ2) is 6.28. The van der Waals surface area contributed by atoms with E-state index in [0.29, 0.717) is 19.2 Å². The summed E-state index contributed by atoms with van der Waals surface area (Å²) >= 11 is 0. The van der Waals surface area contributed by atoms with Gasteiger partial charge in [-0.1, -0.05) is 13.0 Å². The summed E-state index contributed by atoms with van der Waals surface area (Å²) < 4.78 is 51.5. The van der Waals surface area contributed by atoms with Crippen LogP contribution in [0.5, 0.6) is 0 Å². The van der Waals surface area contributed by atoms with Gasteiger partial charge in [-0.3, -0.25) is 4.90 Å². The minimum absolute atomic E-state index is 0. The average molecular weight is 313 g/mol. The third-order valence-electron chi connectivity index (χ3n) is 3.52. The van der Waals surface area contributed by atoms with Gasteiger partial charge in [-0.2, -0.15) is 13.2 Å². The first-order valence-electron chi connectivity index (χ1n) is 6.11. The lowest BCUT2D eigenvalue weighted by molar-refractivity contribution is -0.138. The van der Waals surface area contributed by atoms with E-state index in [1.807, 2.05) is 11.8 Å². The molecule has 1 aromatic carbocycles. The molecule has 1 aliphatic rings. The molecule has 1 fully saturated rings. The van der Waals surface area contributed by atoms with Crippen molar-refractivity contribution in [3.63, 3.8) is 0 Å². The number of likely N-dealkylation sites (tertiary alicyclic amines) is 1. The summed E-state index contributed by atoms with van der Waals surface area (Å²) in [6.45, 7) is 3.35. The van der Waals surface area contributed by atoms with Crippen molar-refractivity contribution >= 4 is 12.4 Å². The van der Waals surface area contributed by atoms with Crippen LogP contribution in [0.3, 0.4) is 0 Å². The first kappa shape index (κ1) is 17.2. The van der Waals surface area contributed by atoms with Crippen molar-refractivity contribution in [2.45, 2.75) is 25.7 Å². The molecule has 2 unspecified atom stereocenters. The quantitative estimate of drug-likeness (QED) is 0.851. The van der Waals surface area contributed by atoms with Crippen LogP contribution in [-0.4, -0.2) is 24.0 Å². The molecule has 1 heterocycles. The van der Waals surface area contributed by atoms with Crippen LogP contribution in [0.25, 0.3) is 0 Å². The fourth-order valence-electron chi connectivity index (χ4n) is 2.42. The Balaban J connectivity index is 0.00000200. The highest BCUT2D eigenvalue weighted by molar-refractivity contribution is 5.85. The van der Waals surface area contributed by atoms with Crippen molar-refractivity contribution in [3.8, 4) is 0 Å². The van der Waals surface area contributed by atoms with Gasteiger partial charge in [0.05, 0.1) is 5.56 Å². The molecule has 0 bridgehead atoms. The number of hydrogen-bond acceptors (Lipinski definition) is 2. The van der Waals surface area contributed by atoms with Crippen LogP contribution in [0, 0.1) is 11.7 Å². The highest BCUT2D eigenvalue weighted by Crippen LogP contribution is 2.33. The first-order valence-corrected chi connectivity index (χ1v) is 6.11. The zero-order valence-electron chi connectivity index (χ0n) is 11.0. The molecule has 2 atom stereocenters. The number of rotatable bonds is 2.